The van der Waals surface area contributed by atoms with E-state index in [4.69, 9.17) is 11.6 Å². The molecule has 1 fully saturated rings. The van der Waals surface area contributed by atoms with Crippen LogP contribution < -0.4 is 0 Å². The molecule has 0 atom stereocenters. The zero-order valence-corrected chi connectivity index (χ0v) is 10.7. The summed E-state index contributed by atoms with van der Waals surface area (Å²) in [5.41, 5.74) is 1.93. The average molecular weight is 245 g/mol. The second kappa shape index (κ2) is 6.29. The van der Waals surface area contributed by atoms with Gasteiger partial charge in [0, 0.05) is 5.54 Å². The maximum atomic E-state index is 11.5. The number of hydrogen-bond donors (Lipinski definition) is 1. The van der Waals surface area contributed by atoms with Crippen LogP contribution >= 0.6 is 11.6 Å². The Morgan fingerprint density at radius 2 is 1.75 bits per heavy atom. The lowest BCUT2D eigenvalue weighted by Gasteiger charge is -2.31. The van der Waals surface area contributed by atoms with Crippen LogP contribution in [-0.4, -0.2) is 11.1 Å². The Labute approximate surface area is 103 Å². The van der Waals surface area contributed by atoms with Crippen molar-refractivity contribution in [3.63, 3.8) is 0 Å². The highest BCUT2D eigenvalue weighted by Gasteiger charge is 2.37. The van der Waals surface area contributed by atoms with Crippen LogP contribution in [0, 0.1) is 5.41 Å². The monoisotopic (exact) mass is 244 g/mol. The quantitative estimate of drug-likeness (QED) is 0.802. The first-order valence-electron chi connectivity index (χ1n) is 6.10. The van der Waals surface area contributed by atoms with E-state index in [1.54, 1.807) is 0 Å². The van der Waals surface area contributed by atoms with Crippen molar-refractivity contribution in [1.82, 2.24) is 0 Å². The number of hydrogen-bond acceptors (Lipinski definition) is 1. The molecule has 1 N–H and O–H groups in total. The largest absolute Gasteiger partial charge is 0.481 e. The smallest absolute Gasteiger partial charge is 0.309 e. The van der Waals surface area contributed by atoms with Gasteiger partial charge < -0.3 is 5.11 Å². The summed E-state index contributed by atoms with van der Waals surface area (Å²) in [6, 6.07) is 0. The minimum atomic E-state index is -0.646. The number of aliphatic carboxylic acids is 1. The summed E-state index contributed by atoms with van der Waals surface area (Å²) in [5.74, 6) is -0.646. The summed E-state index contributed by atoms with van der Waals surface area (Å²) in [6.45, 7) is 1.91. The van der Waals surface area contributed by atoms with E-state index < -0.39 is 11.4 Å². The molecule has 2 nitrogen and oxygen atoms in total. The first-order valence-corrected chi connectivity index (χ1v) is 6.54. The topological polar surface area (TPSA) is 37.3 Å². The Balaban J connectivity index is 2.79. The standard InChI is InChI=1S/C13H21ClO2/c1-11(10-14)9-13(12(15)16)7-5-3-2-4-6-8-13/h10H,2-9H2,1H3,(H,15,16). The van der Waals surface area contributed by atoms with Gasteiger partial charge >= 0.3 is 5.97 Å². The van der Waals surface area contributed by atoms with Crippen LogP contribution in [0.15, 0.2) is 11.1 Å². The van der Waals surface area contributed by atoms with Gasteiger partial charge in [0.05, 0.1) is 5.41 Å². The third-order valence-electron chi connectivity index (χ3n) is 3.57. The SMILES string of the molecule is CC(=CCl)CC1(C(=O)O)CCCCCCC1. The molecule has 1 rings (SSSR count). The lowest BCUT2D eigenvalue weighted by Crippen LogP contribution is -2.32. The molecule has 1 aliphatic rings. The minimum absolute atomic E-state index is 0.560. The van der Waals surface area contributed by atoms with Crippen molar-refractivity contribution in [1.29, 1.82) is 0 Å². The van der Waals surface area contributed by atoms with Crippen molar-refractivity contribution < 1.29 is 9.90 Å². The normalized spacial score (nSPS) is 22.2. The molecule has 3 heteroatoms. The van der Waals surface area contributed by atoms with Gasteiger partial charge in [-0.2, -0.15) is 0 Å². The predicted molar refractivity (Wildman–Crippen MR) is 66.6 cm³/mol. The molecule has 0 bridgehead atoms. The zero-order valence-electron chi connectivity index (χ0n) is 9.97. The fourth-order valence-corrected chi connectivity index (χ4v) is 2.70. The van der Waals surface area contributed by atoms with Crippen LogP contribution in [0.5, 0.6) is 0 Å². The lowest BCUT2D eigenvalue weighted by molar-refractivity contribution is -0.150. The van der Waals surface area contributed by atoms with Gasteiger partial charge in [0.15, 0.2) is 0 Å². The van der Waals surface area contributed by atoms with E-state index in [9.17, 15) is 9.90 Å². The first-order chi connectivity index (χ1) is 7.60. The second-order valence-electron chi connectivity index (χ2n) is 4.99. The summed E-state index contributed by atoms with van der Waals surface area (Å²) in [4.78, 5) is 11.5. The van der Waals surface area contributed by atoms with Crippen molar-refractivity contribution in [2.75, 3.05) is 0 Å². The van der Waals surface area contributed by atoms with Crippen molar-refractivity contribution in [2.24, 2.45) is 5.41 Å². The molecule has 0 spiro atoms. The summed E-state index contributed by atoms with van der Waals surface area (Å²) in [7, 11) is 0. The van der Waals surface area contributed by atoms with E-state index in [0.717, 1.165) is 31.3 Å². The Morgan fingerprint density at radius 1 is 1.25 bits per heavy atom. The number of carboxylic acid groups (broad SMARTS) is 1. The van der Waals surface area contributed by atoms with E-state index in [0.29, 0.717) is 6.42 Å². The molecule has 0 aromatic rings. The Morgan fingerprint density at radius 3 is 2.19 bits per heavy atom. The van der Waals surface area contributed by atoms with Gasteiger partial charge in [0.1, 0.15) is 0 Å². The Bertz CT molecular complexity index is 263. The summed E-state index contributed by atoms with van der Waals surface area (Å²) >= 11 is 5.66. The fraction of sp³-hybridized carbons (Fsp3) is 0.769. The predicted octanol–water partition coefficient (Wildman–Crippen LogP) is 4.33. The summed E-state index contributed by atoms with van der Waals surface area (Å²) < 4.78 is 0. The first kappa shape index (κ1) is 13.6. The number of allylic oxidation sites excluding steroid dienone is 1. The van der Waals surface area contributed by atoms with E-state index in [1.807, 2.05) is 6.92 Å². The Hall–Kier alpha value is -0.500. The molecule has 0 aromatic carbocycles. The fourth-order valence-electron chi connectivity index (χ4n) is 2.62. The van der Waals surface area contributed by atoms with Crippen LogP contribution in [-0.2, 0) is 4.79 Å². The molecule has 0 aliphatic heterocycles. The molecule has 1 saturated carbocycles. The highest BCUT2D eigenvalue weighted by atomic mass is 35.5. The maximum Gasteiger partial charge on any atom is 0.309 e. The molecule has 16 heavy (non-hydrogen) atoms. The molecule has 0 saturated heterocycles. The highest BCUT2D eigenvalue weighted by molar-refractivity contribution is 6.25. The highest BCUT2D eigenvalue weighted by Crippen LogP contribution is 2.39. The van der Waals surface area contributed by atoms with Gasteiger partial charge in [-0.1, -0.05) is 49.3 Å². The third-order valence-corrected chi connectivity index (χ3v) is 3.94. The number of carboxylic acids is 1. The molecule has 0 amide bonds. The van der Waals surface area contributed by atoms with Crippen molar-refractivity contribution in [2.45, 2.75) is 58.3 Å². The van der Waals surface area contributed by atoms with Gasteiger partial charge in [-0.3, -0.25) is 4.79 Å². The molecule has 92 valence electrons. The van der Waals surface area contributed by atoms with Crippen LogP contribution in [0.2, 0.25) is 0 Å². The van der Waals surface area contributed by atoms with E-state index in [-0.39, 0.29) is 0 Å². The summed E-state index contributed by atoms with van der Waals surface area (Å²) in [6.07, 6.45) is 7.84. The average Bonchev–Trinajstić information content (AvgIpc) is 2.21. The van der Waals surface area contributed by atoms with Crippen LogP contribution in [0.1, 0.15) is 58.3 Å². The zero-order chi connectivity index (χ0) is 12.0. The third kappa shape index (κ3) is 3.51. The molecular formula is C13H21ClO2. The molecular weight excluding hydrogens is 224 g/mol. The van der Waals surface area contributed by atoms with E-state index in [2.05, 4.69) is 0 Å². The van der Waals surface area contributed by atoms with Gasteiger partial charge in [-0.05, 0) is 26.2 Å². The van der Waals surface area contributed by atoms with Gasteiger partial charge in [-0.25, -0.2) is 0 Å². The lowest BCUT2D eigenvalue weighted by atomic mass is 9.72. The van der Waals surface area contributed by atoms with Crippen LogP contribution in [0.25, 0.3) is 0 Å². The molecule has 1 aliphatic carbocycles. The number of halogens is 1. The Kier molecular flexibility index (Phi) is 5.33. The van der Waals surface area contributed by atoms with Crippen LogP contribution in [0.3, 0.4) is 0 Å². The minimum Gasteiger partial charge on any atom is -0.481 e. The molecule has 0 heterocycles. The van der Waals surface area contributed by atoms with Gasteiger partial charge in [-0.15, -0.1) is 0 Å². The number of carbonyl (C=O) groups is 1. The number of rotatable bonds is 3. The molecule has 0 radical (unpaired) electrons. The van der Waals surface area contributed by atoms with E-state index in [1.165, 1.54) is 24.8 Å². The van der Waals surface area contributed by atoms with Crippen molar-refractivity contribution >= 4 is 17.6 Å². The van der Waals surface area contributed by atoms with Gasteiger partial charge in [0.2, 0.25) is 0 Å². The van der Waals surface area contributed by atoms with Crippen molar-refractivity contribution in [3.8, 4) is 0 Å². The van der Waals surface area contributed by atoms with Gasteiger partial charge in [0.25, 0.3) is 0 Å². The molecule has 0 unspecified atom stereocenters. The molecule has 0 aromatic heterocycles. The van der Waals surface area contributed by atoms with Crippen molar-refractivity contribution in [3.05, 3.63) is 11.1 Å². The summed E-state index contributed by atoms with van der Waals surface area (Å²) in [5, 5.41) is 9.48. The second-order valence-corrected chi connectivity index (χ2v) is 5.20. The van der Waals surface area contributed by atoms with E-state index >= 15 is 0 Å². The maximum absolute atomic E-state index is 11.5. The van der Waals surface area contributed by atoms with Crippen LogP contribution in [0.4, 0.5) is 0 Å².